The van der Waals surface area contributed by atoms with E-state index in [1.54, 1.807) is 11.3 Å². The molecule has 1 aromatic rings. The second kappa shape index (κ2) is 4.53. The maximum Gasteiger partial charge on any atom is 0.304 e. The molecule has 1 rings (SSSR count). The maximum absolute atomic E-state index is 10.8. The van der Waals surface area contributed by atoms with Gasteiger partial charge in [-0.15, -0.1) is 11.3 Å². The Kier molecular flexibility index (Phi) is 3.73. The molecule has 0 amide bonds. The molecule has 90 valence electrons. The number of aliphatic carboxylic acids is 1. The lowest BCUT2D eigenvalue weighted by Gasteiger charge is -2.21. The van der Waals surface area contributed by atoms with Crippen LogP contribution < -0.4 is 0 Å². The van der Waals surface area contributed by atoms with Crippen LogP contribution in [0.5, 0.6) is 0 Å². The van der Waals surface area contributed by atoms with Gasteiger partial charge in [-0.1, -0.05) is 27.7 Å². The molecule has 0 unspecified atom stereocenters. The molecular weight excluding hydrogens is 222 g/mol. The van der Waals surface area contributed by atoms with Gasteiger partial charge in [0.05, 0.1) is 17.1 Å². The molecule has 0 saturated carbocycles. The van der Waals surface area contributed by atoms with E-state index in [9.17, 15) is 4.79 Å². The second-order valence-electron chi connectivity index (χ2n) is 5.08. The monoisotopic (exact) mass is 241 g/mol. The maximum atomic E-state index is 10.8. The zero-order valence-electron chi connectivity index (χ0n) is 10.5. The van der Waals surface area contributed by atoms with E-state index in [1.165, 1.54) is 0 Å². The minimum absolute atomic E-state index is 0.146. The summed E-state index contributed by atoms with van der Waals surface area (Å²) in [5, 5.41) is 9.99. The molecule has 4 heteroatoms. The van der Waals surface area contributed by atoms with Crippen molar-refractivity contribution in [3.05, 3.63) is 15.6 Å². The molecule has 0 atom stereocenters. The third-order valence-electron chi connectivity index (χ3n) is 2.51. The summed E-state index contributed by atoms with van der Waals surface area (Å²) in [5.41, 5.74) is 0.640. The summed E-state index contributed by atoms with van der Waals surface area (Å²) in [6.45, 7) is 10.1. The van der Waals surface area contributed by atoms with Crippen LogP contribution in [0.2, 0.25) is 0 Å². The van der Waals surface area contributed by atoms with Crippen LogP contribution in [0.4, 0.5) is 0 Å². The summed E-state index contributed by atoms with van der Waals surface area (Å²) < 4.78 is 0. The number of rotatable bonds is 4. The number of aromatic nitrogens is 1. The Balaban J connectivity index is 3.07. The van der Waals surface area contributed by atoms with Crippen molar-refractivity contribution in [2.75, 3.05) is 0 Å². The van der Waals surface area contributed by atoms with Crippen molar-refractivity contribution in [2.45, 2.75) is 52.4 Å². The summed E-state index contributed by atoms with van der Waals surface area (Å²) >= 11 is 1.64. The number of aryl methyl sites for hydroxylation is 1. The Morgan fingerprint density at radius 1 is 1.50 bits per heavy atom. The summed E-state index contributed by atoms with van der Waals surface area (Å²) in [4.78, 5) is 16.4. The smallest absolute Gasteiger partial charge is 0.304 e. The van der Waals surface area contributed by atoms with Crippen molar-refractivity contribution < 1.29 is 9.90 Å². The Bertz CT molecular complexity index is 394. The van der Waals surface area contributed by atoms with Gasteiger partial charge in [0.2, 0.25) is 0 Å². The standard InChI is InChI=1S/C12H19NO2S/c1-7(2)11-13-8(3)10(16-11)12(4,5)6-9(14)15/h7H,6H2,1-5H3,(H,14,15). The van der Waals surface area contributed by atoms with Crippen LogP contribution in [0.25, 0.3) is 0 Å². The quantitative estimate of drug-likeness (QED) is 0.879. The van der Waals surface area contributed by atoms with Crippen LogP contribution in [0.15, 0.2) is 0 Å². The SMILES string of the molecule is Cc1nc(C(C)C)sc1C(C)(C)CC(=O)O. The highest BCUT2D eigenvalue weighted by Crippen LogP contribution is 2.36. The molecule has 0 aliphatic rings. The first kappa shape index (κ1) is 13.2. The fourth-order valence-electron chi connectivity index (χ4n) is 1.75. The zero-order chi connectivity index (χ0) is 12.5. The van der Waals surface area contributed by atoms with Crippen LogP contribution in [0, 0.1) is 6.92 Å². The average Bonchev–Trinajstić information content (AvgIpc) is 2.45. The summed E-state index contributed by atoms with van der Waals surface area (Å²) in [6, 6.07) is 0. The number of carboxylic acid groups (broad SMARTS) is 1. The highest BCUT2D eigenvalue weighted by molar-refractivity contribution is 7.12. The van der Waals surface area contributed by atoms with Crippen LogP contribution in [-0.2, 0) is 10.2 Å². The average molecular weight is 241 g/mol. The van der Waals surface area contributed by atoms with E-state index in [0.29, 0.717) is 5.92 Å². The first-order valence-corrected chi connectivity index (χ1v) is 6.25. The fourth-order valence-corrected chi connectivity index (χ4v) is 2.92. The molecule has 3 nitrogen and oxygen atoms in total. The third kappa shape index (κ3) is 2.82. The number of hydrogen-bond donors (Lipinski definition) is 1. The van der Waals surface area contributed by atoms with Crippen molar-refractivity contribution in [1.29, 1.82) is 0 Å². The van der Waals surface area contributed by atoms with Gasteiger partial charge in [0.25, 0.3) is 0 Å². The zero-order valence-corrected chi connectivity index (χ0v) is 11.3. The number of carbonyl (C=O) groups is 1. The normalized spacial score (nSPS) is 12.1. The highest BCUT2D eigenvalue weighted by Gasteiger charge is 2.29. The van der Waals surface area contributed by atoms with E-state index in [0.717, 1.165) is 15.6 Å². The molecule has 0 fully saturated rings. The lowest BCUT2D eigenvalue weighted by atomic mass is 9.87. The summed E-state index contributed by atoms with van der Waals surface area (Å²) in [6.07, 6.45) is 0.146. The van der Waals surface area contributed by atoms with Crippen LogP contribution in [0.3, 0.4) is 0 Å². The van der Waals surface area contributed by atoms with Gasteiger partial charge in [-0.3, -0.25) is 4.79 Å². The lowest BCUT2D eigenvalue weighted by Crippen LogP contribution is -2.21. The Labute approximate surface area is 101 Å². The van der Waals surface area contributed by atoms with Crippen LogP contribution in [0.1, 0.15) is 55.6 Å². The van der Waals surface area contributed by atoms with Crippen LogP contribution >= 0.6 is 11.3 Å². The van der Waals surface area contributed by atoms with E-state index in [1.807, 2.05) is 20.8 Å². The van der Waals surface area contributed by atoms with Gasteiger partial charge in [0.15, 0.2) is 0 Å². The van der Waals surface area contributed by atoms with Crippen molar-refractivity contribution >= 4 is 17.3 Å². The molecule has 0 bridgehead atoms. The van der Waals surface area contributed by atoms with Gasteiger partial charge in [-0.05, 0) is 6.92 Å². The van der Waals surface area contributed by atoms with Gasteiger partial charge < -0.3 is 5.11 Å². The summed E-state index contributed by atoms with van der Waals surface area (Å²) in [7, 11) is 0. The molecule has 1 heterocycles. The molecule has 0 spiro atoms. The third-order valence-corrected chi connectivity index (χ3v) is 4.34. The number of carboxylic acids is 1. The Hall–Kier alpha value is -0.900. The fraction of sp³-hybridized carbons (Fsp3) is 0.667. The number of thiazole rings is 1. The van der Waals surface area contributed by atoms with E-state index < -0.39 is 5.97 Å². The van der Waals surface area contributed by atoms with Gasteiger partial charge >= 0.3 is 5.97 Å². The van der Waals surface area contributed by atoms with Crippen molar-refractivity contribution in [3.8, 4) is 0 Å². The topological polar surface area (TPSA) is 50.2 Å². The molecule has 0 aliphatic carbocycles. The molecule has 0 aliphatic heterocycles. The van der Waals surface area contributed by atoms with Crippen molar-refractivity contribution in [1.82, 2.24) is 4.98 Å². The minimum atomic E-state index is -0.760. The molecule has 1 aromatic heterocycles. The van der Waals surface area contributed by atoms with E-state index in [2.05, 4.69) is 18.8 Å². The molecule has 0 saturated heterocycles. The van der Waals surface area contributed by atoms with Gasteiger partial charge in [-0.2, -0.15) is 0 Å². The van der Waals surface area contributed by atoms with Gasteiger partial charge in [0.1, 0.15) is 0 Å². The summed E-state index contributed by atoms with van der Waals surface area (Å²) in [5.74, 6) is -0.359. The molecule has 0 radical (unpaired) electrons. The Morgan fingerprint density at radius 2 is 2.06 bits per heavy atom. The molecule has 16 heavy (non-hydrogen) atoms. The predicted octanol–water partition coefficient (Wildman–Crippen LogP) is 3.33. The molecule has 0 aromatic carbocycles. The van der Waals surface area contributed by atoms with Crippen LogP contribution in [-0.4, -0.2) is 16.1 Å². The molecular formula is C12H19NO2S. The van der Waals surface area contributed by atoms with E-state index in [-0.39, 0.29) is 11.8 Å². The highest BCUT2D eigenvalue weighted by atomic mass is 32.1. The number of nitrogens with zero attached hydrogens (tertiary/aromatic N) is 1. The largest absolute Gasteiger partial charge is 0.481 e. The first-order valence-electron chi connectivity index (χ1n) is 5.43. The number of hydrogen-bond acceptors (Lipinski definition) is 3. The first-order chi connectivity index (χ1) is 7.24. The lowest BCUT2D eigenvalue weighted by molar-refractivity contribution is -0.138. The van der Waals surface area contributed by atoms with Crippen molar-refractivity contribution in [3.63, 3.8) is 0 Å². The Morgan fingerprint density at radius 3 is 2.44 bits per heavy atom. The van der Waals surface area contributed by atoms with Gasteiger partial charge in [0, 0.05) is 16.2 Å². The molecule has 1 N–H and O–H groups in total. The van der Waals surface area contributed by atoms with Gasteiger partial charge in [-0.25, -0.2) is 4.98 Å². The van der Waals surface area contributed by atoms with Crippen molar-refractivity contribution in [2.24, 2.45) is 0 Å². The minimum Gasteiger partial charge on any atom is -0.481 e. The van der Waals surface area contributed by atoms with E-state index in [4.69, 9.17) is 5.11 Å². The predicted molar refractivity (Wildman–Crippen MR) is 66.2 cm³/mol. The second-order valence-corrected chi connectivity index (χ2v) is 6.11. The van der Waals surface area contributed by atoms with E-state index >= 15 is 0 Å².